The quantitative estimate of drug-likeness (QED) is 0.0321. The van der Waals surface area contributed by atoms with Gasteiger partial charge in [0.2, 0.25) is 5.91 Å². The number of aliphatic hydroxyl groups is 2. The Morgan fingerprint density at radius 2 is 0.806 bits per heavy atom. The van der Waals surface area contributed by atoms with E-state index in [2.05, 4.69) is 92.9 Å². The van der Waals surface area contributed by atoms with Crippen molar-refractivity contribution in [2.45, 2.75) is 296 Å². The van der Waals surface area contributed by atoms with Crippen molar-refractivity contribution >= 4 is 11.9 Å². The summed E-state index contributed by atoms with van der Waals surface area (Å²) >= 11 is 0. The van der Waals surface area contributed by atoms with Crippen LogP contribution in [0.3, 0.4) is 0 Å². The van der Waals surface area contributed by atoms with Gasteiger partial charge >= 0.3 is 5.97 Å². The Kier molecular flexibility index (Phi) is 52.1. The first-order valence-electron chi connectivity index (χ1n) is 28.7. The fourth-order valence-corrected chi connectivity index (χ4v) is 8.48. The van der Waals surface area contributed by atoms with Crippen LogP contribution in [-0.2, 0) is 14.3 Å². The predicted octanol–water partition coefficient (Wildman–Crippen LogP) is 17.7. The zero-order chi connectivity index (χ0) is 48.8. The molecule has 0 fully saturated rings. The van der Waals surface area contributed by atoms with Crippen LogP contribution in [0.2, 0.25) is 0 Å². The second kappa shape index (κ2) is 54.2. The second-order valence-electron chi connectivity index (χ2n) is 19.3. The van der Waals surface area contributed by atoms with Gasteiger partial charge in [0.25, 0.3) is 0 Å². The molecule has 0 aromatic heterocycles. The van der Waals surface area contributed by atoms with E-state index in [0.717, 1.165) is 77.0 Å². The number of ether oxygens (including phenoxy) is 1. The van der Waals surface area contributed by atoms with Crippen LogP contribution in [0.25, 0.3) is 0 Å². The maximum Gasteiger partial charge on any atom is 0.306 e. The molecule has 0 bridgehead atoms. The molecule has 0 saturated carbocycles. The SMILES string of the molecule is CC/C=C/C/C=C/C/C=C/C/C=C/C/C=C/CCC(=O)OC(CCCCCCC/C=C/CCCCCCCC)CC(=O)NC(CO)C(O)CCCCCCCCCCCCCCCCCCC. The summed E-state index contributed by atoms with van der Waals surface area (Å²) in [4.78, 5) is 26.2. The molecule has 0 aromatic carbocycles. The highest BCUT2D eigenvalue weighted by Crippen LogP contribution is 2.18. The molecule has 388 valence electrons. The van der Waals surface area contributed by atoms with E-state index in [4.69, 9.17) is 4.74 Å². The molecular formula is C61H109NO5. The van der Waals surface area contributed by atoms with Crippen LogP contribution >= 0.6 is 0 Å². The van der Waals surface area contributed by atoms with Crippen LogP contribution in [0.1, 0.15) is 278 Å². The van der Waals surface area contributed by atoms with Crippen molar-refractivity contribution in [3.8, 4) is 0 Å². The zero-order valence-electron chi connectivity index (χ0n) is 44.3. The fraction of sp³-hybridized carbons (Fsp3) is 0.770. The van der Waals surface area contributed by atoms with Gasteiger partial charge in [-0.25, -0.2) is 0 Å². The Morgan fingerprint density at radius 1 is 0.448 bits per heavy atom. The number of amides is 1. The van der Waals surface area contributed by atoms with Crippen molar-refractivity contribution < 1.29 is 24.5 Å². The van der Waals surface area contributed by atoms with Crippen LogP contribution in [0.5, 0.6) is 0 Å². The molecular weight excluding hydrogens is 827 g/mol. The first-order chi connectivity index (χ1) is 33.0. The number of unbranched alkanes of at least 4 members (excludes halogenated alkanes) is 27. The average molecular weight is 937 g/mol. The molecule has 0 radical (unpaired) electrons. The molecule has 0 aliphatic carbocycles. The lowest BCUT2D eigenvalue weighted by Crippen LogP contribution is -2.46. The maximum absolute atomic E-state index is 13.3. The Labute approximate surface area is 415 Å². The lowest BCUT2D eigenvalue weighted by atomic mass is 10.0. The third-order valence-electron chi connectivity index (χ3n) is 12.8. The topological polar surface area (TPSA) is 95.9 Å². The van der Waals surface area contributed by atoms with Gasteiger partial charge in [-0.1, -0.05) is 254 Å². The first kappa shape index (κ1) is 64.3. The van der Waals surface area contributed by atoms with Crippen LogP contribution in [0, 0.1) is 0 Å². The van der Waals surface area contributed by atoms with Gasteiger partial charge in [-0.05, 0) is 83.5 Å². The summed E-state index contributed by atoms with van der Waals surface area (Å²) in [6, 6.07) is -0.722. The normalized spacial score (nSPS) is 13.7. The standard InChI is InChI=1S/C61H109NO5/c1-4-7-10-13-16-19-22-25-28-30-32-35-38-41-44-47-50-53-59(64)58(56-63)62-60(65)55-57(52-49-46-43-40-37-34-31-27-24-21-18-15-12-9-6-3)67-61(66)54-51-48-45-42-39-36-33-29-26-23-20-17-14-11-8-5-2/h8,11,17,20,26-27,29,31,36,39,45,48,57-59,63-64H,4-7,9-10,12-16,18-19,21-25,28,30,32-35,37-38,40-44,46-47,49-56H2,1-3H3,(H,62,65)/b11-8+,20-17+,29-26+,31-27+,39-36+,48-45+. The molecule has 3 N–H and O–H groups in total. The third kappa shape index (κ3) is 49.5. The van der Waals surface area contributed by atoms with Crippen LogP contribution < -0.4 is 5.32 Å². The minimum atomic E-state index is -0.805. The van der Waals surface area contributed by atoms with Gasteiger partial charge in [0.15, 0.2) is 0 Å². The zero-order valence-corrected chi connectivity index (χ0v) is 44.3. The van der Waals surface area contributed by atoms with Crippen LogP contribution in [-0.4, -0.2) is 46.9 Å². The predicted molar refractivity (Wildman–Crippen MR) is 291 cm³/mol. The average Bonchev–Trinajstić information content (AvgIpc) is 3.32. The number of nitrogens with one attached hydrogen (secondary N) is 1. The summed E-state index contributed by atoms with van der Waals surface area (Å²) < 4.78 is 5.91. The Bertz CT molecular complexity index is 1230. The molecule has 0 aliphatic rings. The molecule has 0 aromatic rings. The molecule has 0 spiro atoms. The number of carbonyl (C=O) groups excluding carboxylic acids is 2. The largest absolute Gasteiger partial charge is 0.462 e. The highest BCUT2D eigenvalue weighted by atomic mass is 16.5. The van der Waals surface area contributed by atoms with Gasteiger partial charge in [-0.15, -0.1) is 0 Å². The summed E-state index contributed by atoms with van der Waals surface area (Å²) in [6.07, 6.45) is 69.8. The van der Waals surface area contributed by atoms with Gasteiger partial charge in [0.1, 0.15) is 6.10 Å². The van der Waals surface area contributed by atoms with E-state index in [9.17, 15) is 19.8 Å². The molecule has 67 heavy (non-hydrogen) atoms. The minimum Gasteiger partial charge on any atom is -0.462 e. The molecule has 0 aliphatic heterocycles. The monoisotopic (exact) mass is 936 g/mol. The first-order valence-corrected chi connectivity index (χ1v) is 28.7. The number of hydrogen-bond donors (Lipinski definition) is 3. The van der Waals surface area contributed by atoms with Crippen molar-refractivity contribution in [2.75, 3.05) is 6.61 Å². The van der Waals surface area contributed by atoms with E-state index < -0.39 is 18.2 Å². The Balaban J connectivity index is 4.64. The van der Waals surface area contributed by atoms with Gasteiger partial charge in [-0.3, -0.25) is 9.59 Å². The number of hydrogen-bond acceptors (Lipinski definition) is 5. The minimum absolute atomic E-state index is 0.0408. The lowest BCUT2D eigenvalue weighted by Gasteiger charge is -2.24. The maximum atomic E-state index is 13.3. The molecule has 6 heteroatoms. The fourth-order valence-electron chi connectivity index (χ4n) is 8.48. The van der Waals surface area contributed by atoms with Crippen LogP contribution in [0.15, 0.2) is 72.9 Å². The van der Waals surface area contributed by atoms with Crippen molar-refractivity contribution in [3.05, 3.63) is 72.9 Å². The number of rotatable bonds is 51. The lowest BCUT2D eigenvalue weighted by molar-refractivity contribution is -0.150. The summed E-state index contributed by atoms with van der Waals surface area (Å²) in [5, 5.41) is 23.9. The van der Waals surface area contributed by atoms with E-state index in [1.165, 1.54) is 148 Å². The van der Waals surface area contributed by atoms with E-state index in [1.54, 1.807) is 0 Å². The van der Waals surface area contributed by atoms with Gasteiger partial charge in [-0.2, -0.15) is 0 Å². The van der Waals surface area contributed by atoms with Gasteiger partial charge in [0, 0.05) is 6.42 Å². The van der Waals surface area contributed by atoms with Gasteiger partial charge in [0.05, 0.1) is 25.2 Å². The Morgan fingerprint density at radius 3 is 1.22 bits per heavy atom. The highest BCUT2D eigenvalue weighted by Gasteiger charge is 2.24. The summed E-state index contributed by atoms with van der Waals surface area (Å²) in [5.41, 5.74) is 0. The molecule has 3 atom stereocenters. The summed E-state index contributed by atoms with van der Waals surface area (Å²) in [7, 11) is 0. The number of esters is 1. The third-order valence-corrected chi connectivity index (χ3v) is 12.8. The molecule has 3 unspecified atom stereocenters. The number of aliphatic hydroxyl groups excluding tert-OH is 2. The highest BCUT2D eigenvalue weighted by molar-refractivity contribution is 5.77. The van der Waals surface area contributed by atoms with Crippen molar-refractivity contribution in [1.29, 1.82) is 0 Å². The number of carbonyl (C=O) groups is 2. The van der Waals surface area contributed by atoms with E-state index in [0.29, 0.717) is 19.3 Å². The molecule has 6 nitrogen and oxygen atoms in total. The Hall–Kier alpha value is -2.70. The molecule has 0 heterocycles. The second-order valence-corrected chi connectivity index (χ2v) is 19.3. The summed E-state index contributed by atoms with van der Waals surface area (Å²) in [6.45, 7) is 6.37. The van der Waals surface area contributed by atoms with Crippen molar-refractivity contribution in [2.24, 2.45) is 0 Å². The molecule has 1 amide bonds. The van der Waals surface area contributed by atoms with Crippen LogP contribution in [0.4, 0.5) is 0 Å². The van der Waals surface area contributed by atoms with Crippen molar-refractivity contribution in [3.63, 3.8) is 0 Å². The molecule has 0 saturated heterocycles. The van der Waals surface area contributed by atoms with E-state index >= 15 is 0 Å². The van der Waals surface area contributed by atoms with Crippen molar-refractivity contribution in [1.82, 2.24) is 5.32 Å². The summed E-state index contributed by atoms with van der Waals surface area (Å²) in [5.74, 6) is -0.576. The van der Waals surface area contributed by atoms with E-state index in [1.807, 2.05) is 6.08 Å². The number of allylic oxidation sites excluding steroid dienone is 12. The van der Waals surface area contributed by atoms with Gasteiger partial charge < -0.3 is 20.3 Å². The smallest absolute Gasteiger partial charge is 0.306 e. The van der Waals surface area contributed by atoms with E-state index in [-0.39, 0.29) is 31.3 Å². The molecule has 0 rings (SSSR count).